The molecule has 118 valence electrons. The van der Waals surface area contributed by atoms with E-state index in [1.54, 1.807) is 24.2 Å². The normalized spacial score (nSPS) is 25.4. The number of carbonyl (C=O) groups is 2. The largest absolute Gasteiger partial charge is 0.472 e. The number of likely N-dealkylation sites (tertiary alicyclic amines) is 2. The molecule has 2 aliphatic heterocycles. The van der Waals surface area contributed by atoms with Crippen molar-refractivity contribution < 1.29 is 14.3 Å². The lowest BCUT2D eigenvalue weighted by molar-refractivity contribution is -0.138. The van der Waals surface area contributed by atoms with Crippen molar-refractivity contribution in [3.8, 4) is 5.88 Å². The molecule has 0 aromatic carbocycles. The Balaban J connectivity index is 1.58. The van der Waals surface area contributed by atoms with Crippen molar-refractivity contribution in [3.63, 3.8) is 0 Å². The van der Waals surface area contributed by atoms with Gasteiger partial charge < -0.3 is 14.5 Å². The zero-order valence-electron chi connectivity index (χ0n) is 12.6. The molecule has 2 aliphatic rings. The molecule has 0 radical (unpaired) electrons. The van der Waals surface area contributed by atoms with E-state index < -0.39 is 0 Å². The molecule has 2 atom stereocenters. The molecule has 22 heavy (non-hydrogen) atoms. The van der Waals surface area contributed by atoms with Gasteiger partial charge in [-0.15, -0.1) is 0 Å². The fourth-order valence-electron chi connectivity index (χ4n) is 3.04. The Kier molecular flexibility index (Phi) is 4.22. The fourth-order valence-corrected chi connectivity index (χ4v) is 3.04. The van der Waals surface area contributed by atoms with Crippen LogP contribution in [-0.2, 0) is 9.59 Å². The summed E-state index contributed by atoms with van der Waals surface area (Å²) in [6.07, 6.45) is 5.15. The van der Waals surface area contributed by atoms with E-state index >= 15 is 0 Å². The fraction of sp³-hybridized carbons (Fsp3) is 0.600. The van der Waals surface area contributed by atoms with Gasteiger partial charge in [0.2, 0.25) is 17.7 Å². The van der Waals surface area contributed by atoms with Crippen molar-refractivity contribution in [2.24, 2.45) is 5.92 Å². The van der Waals surface area contributed by atoms with Gasteiger partial charge in [-0.25, -0.2) is 9.97 Å². The van der Waals surface area contributed by atoms with Gasteiger partial charge in [-0.2, -0.15) is 0 Å². The smallest absolute Gasteiger partial charge is 0.228 e. The number of rotatable bonds is 3. The lowest BCUT2D eigenvalue weighted by Gasteiger charge is -2.34. The minimum Gasteiger partial charge on any atom is -0.472 e. The molecule has 0 spiro atoms. The van der Waals surface area contributed by atoms with E-state index in [0.29, 0.717) is 25.4 Å². The molecule has 3 rings (SSSR count). The number of hydrogen-bond acceptors (Lipinski definition) is 5. The maximum Gasteiger partial charge on any atom is 0.228 e. The van der Waals surface area contributed by atoms with Gasteiger partial charge in [-0.05, 0) is 12.8 Å². The van der Waals surface area contributed by atoms with E-state index in [9.17, 15) is 9.59 Å². The van der Waals surface area contributed by atoms with Crippen LogP contribution in [0.25, 0.3) is 0 Å². The summed E-state index contributed by atoms with van der Waals surface area (Å²) in [6, 6.07) is 1.71. The molecule has 0 saturated carbocycles. The second-order valence-electron chi connectivity index (χ2n) is 5.89. The van der Waals surface area contributed by atoms with E-state index in [1.165, 1.54) is 6.33 Å². The topological polar surface area (TPSA) is 75.6 Å². The molecular weight excluding hydrogens is 284 g/mol. The highest BCUT2D eigenvalue weighted by Gasteiger charge is 2.36. The molecular formula is C15H20N4O3. The van der Waals surface area contributed by atoms with Crippen molar-refractivity contribution in [1.29, 1.82) is 0 Å². The molecule has 2 amide bonds. The highest BCUT2D eigenvalue weighted by molar-refractivity contribution is 5.89. The molecule has 0 N–H and O–H groups in total. The molecule has 2 unspecified atom stereocenters. The first-order valence-corrected chi connectivity index (χ1v) is 7.59. The molecule has 1 aromatic rings. The van der Waals surface area contributed by atoms with Crippen molar-refractivity contribution >= 4 is 11.8 Å². The molecule has 3 heterocycles. The monoisotopic (exact) mass is 304 g/mol. The predicted molar refractivity (Wildman–Crippen MR) is 78.0 cm³/mol. The predicted octanol–water partition coefficient (Wildman–Crippen LogP) is 0.325. The summed E-state index contributed by atoms with van der Waals surface area (Å²) in [5, 5.41) is 0. The van der Waals surface area contributed by atoms with Gasteiger partial charge in [-0.3, -0.25) is 9.59 Å². The van der Waals surface area contributed by atoms with E-state index in [4.69, 9.17) is 4.74 Å². The second kappa shape index (κ2) is 6.29. The average Bonchev–Trinajstić information content (AvgIpc) is 2.87. The standard InChI is InChI=1S/C15H20N4O3/c1-18-8-11(7-14(18)20)15(21)19-6-2-3-12(9-19)22-13-4-5-16-10-17-13/h4-5,10-12H,2-3,6-9H2,1H3. The number of aromatic nitrogens is 2. The summed E-state index contributed by atoms with van der Waals surface area (Å²) < 4.78 is 5.82. The number of nitrogens with zero attached hydrogens (tertiary/aromatic N) is 4. The minimum atomic E-state index is -0.213. The Hall–Kier alpha value is -2.18. The van der Waals surface area contributed by atoms with Gasteiger partial charge in [0, 0.05) is 38.8 Å². The van der Waals surface area contributed by atoms with Crippen LogP contribution >= 0.6 is 0 Å². The highest BCUT2D eigenvalue weighted by Crippen LogP contribution is 2.22. The second-order valence-corrected chi connectivity index (χ2v) is 5.89. The van der Waals surface area contributed by atoms with Crippen LogP contribution in [0.5, 0.6) is 5.88 Å². The molecule has 1 aromatic heterocycles. The third kappa shape index (κ3) is 3.18. The first-order chi connectivity index (χ1) is 10.6. The van der Waals surface area contributed by atoms with E-state index in [0.717, 1.165) is 19.4 Å². The Morgan fingerprint density at radius 2 is 2.27 bits per heavy atom. The summed E-state index contributed by atoms with van der Waals surface area (Å²) in [7, 11) is 1.74. The van der Waals surface area contributed by atoms with Crippen molar-refractivity contribution in [3.05, 3.63) is 18.6 Å². The average molecular weight is 304 g/mol. The van der Waals surface area contributed by atoms with Crippen LogP contribution in [0.4, 0.5) is 0 Å². The maximum atomic E-state index is 12.6. The van der Waals surface area contributed by atoms with Crippen LogP contribution in [0.3, 0.4) is 0 Å². The van der Waals surface area contributed by atoms with Crippen LogP contribution < -0.4 is 4.74 Å². The summed E-state index contributed by atoms with van der Waals surface area (Å²) in [4.78, 5) is 35.5. The number of carbonyl (C=O) groups excluding carboxylic acids is 2. The van der Waals surface area contributed by atoms with Crippen molar-refractivity contribution in [1.82, 2.24) is 19.8 Å². The Labute approximate surface area is 129 Å². The Morgan fingerprint density at radius 1 is 1.41 bits per heavy atom. The van der Waals surface area contributed by atoms with Gasteiger partial charge in [0.25, 0.3) is 0 Å². The van der Waals surface area contributed by atoms with Gasteiger partial charge >= 0.3 is 0 Å². The van der Waals surface area contributed by atoms with Gasteiger partial charge in [0.05, 0.1) is 12.5 Å². The molecule has 2 fully saturated rings. The summed E-state index contributed by atoms with van der Waals surface area (Å²) in [6.45, 7) is 1.81. The van der Waals surface area contributed by atoms with Crippen LogP contribution in [0.1, 0.15) is 19.3 Å². The third-order valence-corrected chi connectivity index (χ3v) is 4.22. The quantitative estimate of drug-likeness (QED) is 0.804. The molecule has 0 aliphatic carbocycles. The van der Waals surface area contributed by atoms with E-state index in [1.807, 2.05) is 4.90 Å². The lowest BCUT2D eigenvalue weighted by Crippen LogP contribution is -2.47. The third-order valence-electron chi connectivity index (χ3n) is 4.22. The summed E-state index contributed by atoms with van der Waals surface area (Å²) in [5.74, 6) is 0.429. The first kappa shape index (κ1) is 14.7. The maximum absolute atomic E-state index is 12.6. The number of ether oxygens (including phenoxy) is 1. The minimum absolute atomic E-state index is 0.0455. The van der Waals surface area contributed by atoms with E-state index in [2.05, 4.69) is 9.97 Å². The molecule has 7 nitrogen and oxygen atoms in total. The number of amides is 2. The lowest BCUT2D eigenvalue weighted by atomic mass is 10.0. The van der Waals surface area contributed by atoms with Gasteiger partial charge in [-0.1, -0.05) is 0 Å². The first-order valence-electron chi connectivity index (χ1n) is 7.59. The molecule has 0 bridgehead atoms. The zero-order valence-corrected chi connectivity index (χ0v) is 12.6. The Morgan fingerprint density at radius 3 is 2.95 bits per heavy atom. The number of hydrogen-bond donors (Lipinski definition) is 0. The van der Waals surface area contributed by atoms with E-state index in [-0.39, 0.29) is 23.8 Å². The molecule has 2 saturated heterocycles. The van der Waals surface area contributed by atoms with Crippen molar-refractivity contribution in [2.75, 3.05) is 26.7 Å². The van der Waals surface area contributed by atoms with Crippen LogP contribution in [0.2, 0.25) is 0 Å². The Bertz CT molecular complexity index is 551. The van der Waals surface area contributed by atoms with Gasteiger partial charge in [0.1, 0.15) is 12.4 Å². The van der Waals surface area contributed by atoms with Gasteiger partial charge in [0.15, 0.2) is 0 Å². The summed E-state index contributed by atoms with van der Waals surface area (Å²) >= 11 is 0. The molecule has 7 heteroatoms. The highest BCUT2D eigenvalue weighted by atomic mass is 16.5. The van der Waals surface area contributed by atoms with Crippen LogP contribution in [0, 0.1) is 5.92 Å². The van der Waals surface area contributed by atoms with Crippen LogP contribution in [-0.4, -0.2) is 64.4 Å². The SMILES string of the molecule is CN1CC(C(=O)N2CCCC(Oc3ccncn3)C2)CC1=O. The number of piperidine rings is 1. The zero-order chi connectivity index (χ0) is 15.5. The van der Waals surface area contributed by atoms with Crippen molar-refractivity contribution in [2.45, 2.75) is 25.4 Å². The summed E-state index contributed by atoms with van der Waals surface area (Å²) in [5.41, 5.74) is 0. The van der Waals surface area contributed by atoms with Crippen LogP contribution in [0.15, 0.2) is 18.6 Å².